The Bertz CT molecular complexity index is 619. The number of nitrogens with zero attached hydrogens (tertiary/aromatic N) is 2. The number of aromatic nitrogens is 2. The fourth-order valence-electron chi connectivity index (χ4n) is 1.55. The first-order valence-electron chi connectivity index (χ1n) is 5.44. The summed E-state index contributed by atoms with van der Waals surface area (Å²) in [6, 6.07) is 4.21. The third-order valence-electron chi connectivity index (χ3n) is 2.47. The minimum atomic E-state index is -4.41. The number of hydrogen-bond donors (Lipinski definition) is 1. The van der Waals surface area contributed by atoms with Crippen molar-refractivity contribution in [3.8, 4) is 0 Å². The van der Waals surface area contributed by atoms with Gasteiger partial charge in [0, 0.05) is 24.5 Å². The van der Waals surface area contributed by atoms with Crippen LogP contribution in [0, 0.1) is 0 Å². The van der Waals surface area contributed by atoms with Gasteiger partial charge in [-0.15, -0.1) is 0 Å². The largest absolute Gasteiger partial charge is 0.416 e. The van der Waals surface area contributed by atoms with Gasteiger partial charge in [0.25, 0.3) is 0 Å². The number of halogens is 5. The summed E-state index contributed by atoms with van der Waals surface area (Å²) in [5.41, 5.74) is -0.677. The van der Waals surface area contributed by atoms with E-state index in [-0.39, 0.29) is 17.3 Å². The lowest BCUT2D eigenvalue weighted by molar-refractivity contribution is -0.138. The minimum Gasteiger partial charge on any atom is -0.366 e. The zero-order chi connectivity index (χ0) is 14.8. The average Bonchev–Trinajstić information content (AvgIpc) is 2.39. The van der Waals surface area contributed by atoms with Crippen molar-refractivity contribution in [1.82, 2.24) is 9.97 Å². The molecule has 2 heterocycles. The number of alkyl halides is 3. The Balaban J connectivity index is 2.17. The lowest BCUT2D eigenvalue weighted by Gasteiger charge is -2.13. The van der Waals surface area contributed by atoms with Gasteiger partial charge in [0.05, 0.1) is 10.0 Å². The van der Waals surface area contributed by atoms with E-state index >= 15 is 0 Å². The van der Waals surface area contributed by atoms with Crippen LogP contribution in [0.25, 0.3) is 0 Å². The molecule has 0 fully saturated rings. The molecule has 2 aromatic heterocycles. The van der Waals surface area contributed by atoms with Gasteiger partial charge in [-0.25, -0.2) is 4.98 Å². The zero-order valence-corrected chi connectivity index (χ0v) is 12.2. The van der Waals surface area contributed by atoms with Crippen LogP contribution in [0.15, 0.2) is 35.1 Å². The van der Waals surface area contributed by atoms with E-state index in [2.05, 4.69) is 31.2 Å². The van der Waals surface area contributed by atoms with E-state index in [9.17, 15) is 13.2 Å². The van der Waals surface area contributed by atoms with E-state index < -0.39 is 11.7 Å². The Kier molecular flexibility index (Phi) is 4.49. The highest BCUT2D eigenvalue weighted by molar-refractivity contribution is 9.10. The maximum absolute atomic E-state index is 12.8. The predicted octanol–water partition coefficient (Wildman–Crippen LogP) is 4.52. The summed E-state index contributed by atoms with van der Waals surface area (Å²) in [5.74, 6) is 0.384. The van der Waals surface area contributed by atoms with Gasteiger partial charge in [-0.1, -0.05) is 11.6 Å². The van der Waals surface area contributed by atoms with Crippen molar-refractivity contribution >= 4 is 33.3 Å². The van der Waals surface area contributed by atoms with Crippen LogP contribution in [0.5, 0.6) is 0 Å². The first kappa shape index (κ1) is 15.1. The third kappa shape index (κ3) is 3.61. The molecular formula is C12H8BrClF3N3. The summed E-state index contributed by atoms with van der Waals surface area (Å²) in [6.45, 7) is -0.0480. The van der Waals surface area contributed by atoms with Crippen molar-refractivity contribution in [3.63, 3.8) is 0 Å². The number of anilines is 1. The fourth-order valence-corrected chi connectivity index (χ4v) is 1.92. The normalized spacial score (nSPS) is 11.4. The van der Waals surface area contributed by atoms with Gasteiger partial charge >= 0.3 is 6.18 Å². The molecular weight excluding hydrogens is 359 g/mol. The molecule has 1 N–H and O–H groups in total. The van der Waals surface area contributed by atoms with Crippen LogP contribution < -0.4 is 5.32 Å². The lowest BCUT2D eigenvalue weighted by atomic mass is 10.1. The Morgan fingerprint density at radius 1 is 1.25 bits per heavy atom. The van der Waals surface area contributed by atoms with Crippen molar-refractivity contribution in [3.05, 3.63) is 51.3 Å². The molecule has 8 heteroatoms. The van der Waals surface area contributed by atoms with Crippen LogP contribution in [-0.2, 0) is 12.7 Å². The van der Waals surface area contributed by atoms with E-state index in [1.54, 1.807) is 12.1 Å². The van der Waals surface area contributed by atoms with Crippen molar-refractivity contribution in [2.24, 2.45) is 0 Å². The summed E-state index contributed by atoms with van der Waals surface area (Å²) >= 11 is 8.99. The van der Waals surface area contributed by atoms with Gasteiger partial charge in [0.1, 0.15) is 11.0 Å². The van der Waals surface area contributed by atoms with E-state index in [0.717, 1.165) is 12.3 Å². The molecule has 2 rings (SSSR count). The van der Waals surface area contributed by atoms with Crippen LogP contribution in [0.2, 0.25) is 5.15 Å². The van der Waals surface area contributed by atoms with Gasteiger partial charge in [0.15, 0.2) is 0 Å². The van der Waals surface area contributed by atoms with Gasteiger partial charge < -0.3 is 5.32 Å². The number of hydrogen-bond acceptors (Lipinski definition) is 3. The number of nitrogens with one attached hydrogen (secondary N) is 1. The second-order valence-corrected chi connectivity index (χ2v) is 5.07. The van der Waals surface area contributed by atoms with E-state index in [4.69, 9.17) is 11.6 Å². The molecule has 0 aliphatic heterocycles. The standard InChI is InChI=1S/C12H8BrClF3N3/c13-9-1-2-10(20-11(9)14)19-6-7-5-18-4-3-8(7)12(15,16)17/h1-5H,6H2,(H,19,20). The topological polar surface area (TPSA) is 37.8 Å². The average molecular weight is 367 g/mol. The van der Waals surface area contributed by atoms with Crippen LogP contribution in [-0.4, -0.2) is 9.97 Å². The smallest absolute Gasteiger partial charge is 0.366 e. The van der Waals surface area contributed by atoms with E-state index in [1.165, 1.54) is 6.20 Å². The molecule has 0 radical (unpaired) electrons. The number of rotatable bonds is 3. The van der Waals surface area contributed by atoms with Gasteiger partial charge in [-0.05, 0) is 34.1 Å². The lowest BCUT2D eigenvalue weighted by Crippen LogP contribution is -2.12. The van der Waals surface area contributed by atoms with Crippen LogP contribution in [0.3, 0.4) is 0 Å². The fraction of sp³-hybridized carbons (Fsp3) is 0.167. The molecule has 2 aromatic rings. The molecule has 0 aliphatic rings. The first-order chi connectivity index (χ1) is 9.38. The highest BCUT2D eigenvalue weighted by Gasteiger charge is 2.33. The molecule has 106 valence electrons. The van der Waals surface area contributed by atoms with Crippen molar-refractivity contribution in [2.75, 3.05) is 5.32 Å². The molecule has 0 atom stereocenters. The Hall–Kier alpha value is -1.34. The molecule has 0 saturated carbocycles. The Morgan fingerprint density at radius 3 is 2.65 bits per heavy atom. The van der Waals surface area contributed by atoms with Crippen LogP contribution >= 0.6 is 27.5 Å². The maximum atomic E-state index is 12.8. The van der Waals surface area contributed by atoms with Gasteiger partial charge in [0.2, 0.25) is 0 Å². The minimum absolute atomic E-state index is 0.0424. The number of pyridine rings is 2. The monoisotopic (exact) mass is 365 g/mol. The molecule has 0 bridgehead atoms. The molecule has 3 nitrogen and oxygen atoms in total. The summed E-state index contributed by atoms with van der Waals surface area (Å²) in [5, 5.41) is 3.02. The second-order valence-electron chi connectivity index (χ2n) is 3.85. The van der Waals surface area contributed by atoms with Crippen LogP contribution in [0.1, 0.15) is 11.1 Å². The molecule has 0 saturated heterocycles. The quantitative estimate of drug-likeness (QED) is 0.812. The van der Waals surface area contributed by atoms with Crippen molar-refractivity contribution in [1.29, 1.82) is 0 Å². The first-order valence-corrected chi connectivity index (χ1v) is 6.61. The molecule has 0 spiro atoms. The predicted molar refractivity (Wildman–Crippen MR) is 73.5 cm³/mol. The zero-order valence-electron chi connectivity index (χ0n) is 9.88. The molecule has 0 unspecified atom stereocenters. The Morgan fingerprint density at radius 2 is 2.00 bits per heavy atom. The van der Waals surface area contributed by atoms with Crippen molar-refractivity contribution in [2.45, 2.75) is 12.7 Å². The highest BCUT2D eigenvalue weighted by Crippen LogP contribution is 2.31. The summed E-state index contributed by atoms with van der Waals surface area (Å²) < 4.78 is 39.0. The summed E-state index contributed by atoms with van der Waals surface area (Å²) in [4.78, 5) is 7.69. The molecule has 0 amide bonds. The maximum Gasteiger partial charge on any atom is 0.416 e. The molecule has 0 aromatic carbocycles. The Labute approximate surface area is 126 Å². The van der Waals surface area contributed by atoms with E-state index in [1.807, 2.05) is 0 Å². The summed E-state index contributed by atoms with van der Waals surface area (Å²) in [7, 11) is 0. The summed E-state index contributed by atoms with van der Waals surface area (Å²) in [6.07, 6.45) is -2.12. The van der Waals surface area contributed by atoms with Gasteiger partial charge in [-0.3, -0.25) is 4.98 Å². The second kappa shape index (κ2) is 5.97. The van der Waals surface area contributed by atoms with E-state index in [0.29, 0.717) is 10.3 Å². The molecule has 0 aliphatic carbocycles. The third-order valence-corrected chi connectivity index (χ3v) is 3.63. The van der Waals surface area contributed by atoms with Crippen LogP contribution in [0.4, 0.5) is 19.0 Å². The van der Waals surface area contributed by atoms with Crippen molar-refractivity contribution < 1.29 is 13.2 Å². The highest BCUT2D eigenvalue weighted by atomic mass is 79.9. The SMILES string of the molecule is FC(F)(F)c1ccncc1CNc1ccc(Br)c(Cl)n1. The molecule has 20 heavy (non-hydrogen) atoms. The van der Waals surface area contributed by atoms with Gasteiger partial charge in [-0.2, -0.15) is 13.2 Å².